The minimum Gasteiger partial charge on any atom is -0.390 e. The third kappa shape index (κ3) is 4.81. The number of hydrogen-bond donors (Lipinski definition) is 1. The van der Waals surface area contributed by atoms with Crippen LogP contribution in [0.25, 0.3) is 0 Å². The maximum atomic E-state index is 12.0. The molecule has 0 aromatic rings. The number of likely N-dealkylation sites (tertiary alicyclic amines) is 1. The predicted octanol–water partition coefficient (Wildman–Crippen LogP) is 1.82. The Balaban J connectivity index is 1.82. The first-order valence-corrected chi connectivity index (χ1v) is 7.48. The molecule has 3 atom stereocenters. The summed E-state index contributed by atoms with van der Waals surface area (Å²) in [4.78, 5) is 2.13. The average Bonchev–Trinajstić information content (AvgIpc) is 2.81. The number of rotatable bonds is 5. The highest BCUT2D eigenvalue weighted by molar-refractivity contribution is 4.96. The van der Waals surface area contributed by atoms with E-state index in [-0.39, 0.29) is 18.6 Å². The van der Waals surface area contributed by atoms with Crippen LogP contribution in [-0.4, -0.2) is 67.3 Å². The molecule has 1 N–H and O–H groups in total. The summed E-state index contributed by atoms with van der Waals surface area (Å²) in [6, 6.07) is 0.162. The van der Waals surface area contributed by atoms with Crippen molar-refractivity contribution in [1.82, 2.24) is 4.90 Å². The monoisotopic (exact) mass is 311 g/mol. The van der Waals surface area contributed by atoms with Crippen LogP contribution in [0.5, 0.6) is 0 Å². The van der Waals surface area contributed by atoms with Crippen molar-refractivity contribution in [2.75, 3.05) is 39.5 Å². The van der Waals surface area contributed by atoms with E-state index in [4.69, 9.17) is 4.74 Å². The number of aliphatic hydroxyl groups is 1. The van der Waals surface area contributed by atoms with Gasteiger partial charge in [0.25, 0.3) is 0 Å². The Morgan fingerprint density at radius 3 is 2.86 bits per heavy atom. The molecule has 0 aliphatic carbocycles. The van der Waals surface area contributed by atoms with Gasteiger partial charge in [0.15, 0.2) is 0 Å². The van der Waals surface area contributed by atoms with Crippen molar-refractivity contribution in [2.24, 2.45) is 5.92 Å². The zero-order chi connectivity index (χ0) is 15.5. The van der Waals surface area contributed by atoms with E-state index in [0.717, 1.165) is 19.4 Å². The van der Waals surface area contributed by atoms with Gasteiger partial charge >= 0.3 is 6.18 Å². The minimum atomic E-state index is -4.27. The van der Waals surface area contributed by atoms with Gasteiger partial charge in [-0.05, 0) is 32.7 Å². The van der Waals surface area contributed by atoms with Gasteiger partial charge in [0, 0.05) is 25.1 Å². The summed E-state index contributed by atoms with van der Waals surface area (Å²) in [5.41, 5.74) is -0.766. The fourth-order valence-electron chi connectivity index (χ4n) is 3.33. The summed E-state index contributed by atoms with van der Waals surface area (Å²) in [5, 5.41) is 10.5. The molecule has 2 aliphatic rings. The van der Waals surface area contributed by atoms with Crippen LogP contribution in [-0.2, 0) is 9.47 Å². The lowest BCUT2D eigenvalue weighted by Gasteiger charge is -2.43. The highest BCUT2D eigenvalue weighted by Gasteiger charge is 2.43. The molecule has 0 aromatic heterocycles. The van der Waals surface area contributed by atoms with Crippen LogP contribution < -0.4 is 0 Å². The lowest BCUT2D eigenvalue weighted by Crippen LogP contribution is -2.53. The third-order valence-corrected chi connectivity index (χ3v) is 4.52. The molecular weight excluding hydrogens is 287 g/mol. The van der Waals surface area contributed by atoms with Gasteiger partial charge in [0.05, 0.1) is 18.8 Å². The summed E-state index contributed by atoms with van der Waals surface area (Å²) in [5.74, 6) is 0.0105. The van der Waals surface area contributed by atoms with Gasteiger partial charge in [-0.15, -0.1) is 0 Å². The van der Waals surface area contributed by atoms with Crippen LogP contribution in [0.4, 0.5) is 13.2 Å². The molecule has 7 heteroatoms. The fraction of sp³-hybridized carbons (Fsp3) is 1.00. The van der Waals surface area contributed by atoms with E-state index in [1.54, 1.807) is 0 Å². The van der Waals surface area contributed by atoms with Crippen LogP contribution in [0.15, 0.2) is 0 Å². The molecule has 0 bridgehead atoms. The Kier molecular flexibility index (Phi) is 5.51. The van der Waals surface area contributed by atoms with E-state index in [0.29, 0.717) is 26.2 Å². The van der Waals surface area contributed by atoms with E-state index < -0.39 is 18.4 Å². The van der Waals surface area contributed by atoms with Gasteiger partial charge < -0.3 is 14.6 Å². The van der Waals surface area contributed by atoms with Gasteiger partial charge in [-0.2, -0.15) is 13.2 Å². The van der Waals surface area contributed by atoms with Crippen LogP contribution in [0.1, 0.15) is 26.2 Å². The van der Waals surface area contributed by atoms with E-state index in [2.05, 4.69) is 9.64 Å². The van der Waals surface area contributed by atoms with E-state index in [1.165, 1.54) is 0 Å². The maximum absolute atomic E-state index is 12.0. The molecule has 4 nitrogen and oxygen atoms in total. The van der Waals surface area contributed by atoms with E-state index in [1.807, 2.05) is 6.92 Å². The molecule has 0 aromatic carbocycles. The zero-order valence-electron chi connectivity index (χ0n) is 12.4. The Bertz CT molecular complexity index is 336. The summed E-state index contributed by atoms with van der Waals surface area (Å²) < 4.78 is 46.3. The molecule has 3 unspecified atom stereocenters. The quantitative estimate of drug-likeness (QED) is 0.787. The lowest BCUT2D eigenvalue weighted by molar-refractivity contribution is -0.175. The number of ether oxygens (including phenoxy) is 2. The Morgan fingerprint density at radius 1 is 1.43 bits per heavy atom. The molecule has 2 saturated heterocycles. The van der Waals surface area contributed by atoms with Crippen molar-refractivity contribution in [3.8, 4) is 0 Å². The standard InChI is InChI=1S/C14H24F3NO3/c1-13(19)4-7-20-9-11(13)12-3-2-5-18(12)6-8-21-10-14(15,16)17/h11-12,19H,2-10H2,1H3. The summed E-state index contributed by atoms with van der Waals surface area (Å²) in [6.45, 7) is 3.07. The topological polar surface area (TPSA) is 41.9 Å². The van der Waals surface area contributed by atoms with Crippen molar-refractivity contribution in [1.29, 1.82) is 0 Å². The second kappa shape index (κ2) is 6.81. The molecule has 0 radical (unpaired) electrons. The smallest absolute Gasteiger partial charge is 0.390 e. The SMILES string of the molecule is CC1(O)CCOCC1C1CCCN1CCOCC(F)(F)F. The van der Waals surface area contributed by atoms with Crippen LogP contribution in [0.3, 0.4) is 0 Å². The molecular formula is C14H24F3NO3. The van der Waals surface area contributed by atoms with Crippen LogP contribution >= 0.6 is 0 Å². The Hall–Kier alpha value is -0.370. The molecule has 2 heterocycles. The molecule has 2 aliphatic heterocycles. The maximum Gasteiger partial charge on any atom is 0.411 e. The summed E-state index contributed by atoms with van der Waals surface area (Å²) >= 11 is 0. The molecule has 2 rings (SSSR count). The Labute approximate surface area is 123 Å². The van der Waals surface area contributed by atoms with Gasteiger partial charge in [-0.25, -0.2) is 0 Å². The minimum absolute atomic E-state index is 0.0105. The van der Waals surface area contributed by atoms with E-state index >= 15 is 0 Å². The van der Waals surface area contributed by atoms with Crippen LogP contribution in [0.2, 0.25) is 0 Å². The fourth-order valence-corrected chi connectivity index (χ4v) is 3.33. The molecule has 21 heavy (non-hydrogen) atoms. The first-order chi connectivity index (χ1) is 9.80. The van der Waals surface area contributed by atoms with Crippen molar-refractivity contribution in [2.45, 2.75) is 44.0 Å². The normalized spacial score (nSPS) is 35.3. The number of halogens is 3. The Morgan fingerprint density at radius 2 is 2.19 bits per heavy atom. The van der Waals surface area contributed by atoms with Crippen molar-refractivity contribution < 1.29 is 27.8 Å². The van der Waals surface area contributed by atoms with Gasteiger partial charge in [0.2, 0.25) is 0 Å². The highest BCUT2D eigenvalue weighted by atomic mass is 19.4. The zero-order valence-corrected chi connectivity index (χ0v) is 12.4. The van der Waals surface area contributed by atoms with Gasteiger partial charge in [-0.3, -0.25) is 4.90 Å². The molecule has 0 amide bonds. The summed E-state index contributed by atoms with van der Waals surface area (Å²) in [6.07, 6.45) is -1.72. The number of alkyl halides is 3. The first kappa shape index (κ1) is 17.0. The van der Waals surface area contributed by atoms with Crippen molar-refractivity contribution in [3.05, 3.63) is 0 Å². The van der Waals surface area contributed by atoms with Gasteiger partial charge in [0.1, 0.15) is 6.61 Å². The molecule has 124 valence electrons. The molecule has 0 spiro atoms. The second-order valence-electron chi connectivity index (χ2n) is 6.20. The first-order valence-electron chi connectivity index (χ1n) is 7.48. The molecule has 2 fully saturated rings. The van der Waals surface area contributed by atoms with E-state index in [9.17, 15) is 18.3 Å². The number of nitrogens with zero attached hydrogens (tertiary/aromatic N) is 1. The second-order valence-corrected chi connectivity index (χ2v) is 6.20. The van der Waals surface area contributed by atoms with Crippen LogP contribution in [0, 0.1) is 5.92 Å². The highest BCUT2D eigenvalue weighted by Crippen LogP contribution is 2.35. The lowest BCUT2D eigenvalue weighted by atomic mass is 9.79. The summed E-state index contributed by atoms with van der Waals surface area (Å²) in [7, 11) is 0. The largest absolute Gasteiger partial charge is 0.411 e. The van der Waals surface area contributed by atoms with Crippen molar-refractivity contribution >= 4 is 0 Å². The molecule has 0 saturated carbocycles. The average molecular weight is 311 g/mol. The predicted molar refractivity (Wildman–Crippen MR) is 71.0 cm³/mol. The van der Waals surface area contributed by atoms with Gasteiger partial charge in [-0.1, -0.05) is 0 Å². The third-order valence-electron chi connectivity index (χ3n) is 4.52. The number of hydrogen-bond acceptors (Lipinski definition) is 4. The van der Waals surface area contributed by atoms with Crippen molar-refractivity contribution in [3.63, 3.8) is 0 Å².